The molecule has 1 aliphatic heterocycles. The van der Waals surface area contributed by atoms with Crippen LogP contribution < -0.4 is 4.74 Å². The standard InChI is InChI=1S/C34H34FN3O2S/c1-23-16-17-24(2)31(20-23)40-19-18-37-22-25(27-12-6-9-15-30(27)37)21-32-33(39)38(26-10-4-3-5-11-26)34(41-32)36-29-14-8-7-13-28(29)35/h6-9,12-17,20-22,26H,3-5,10-11,18-19H2,1-2H3. The van der Waals surface area contributed by atoms with Gasteiger partial charge in [-0.15, -0.1) is 0 Å². The number of hydrogen-bond acceptors (Lipinski definition) is 4. The molecule has 41 heavy (non-hydrogen) atoms. The van der Waals surface area contributed by atoms with Crippen molar-refractivity contribution in [2.24, 2.45) is 4.99 Å². The fraction of sp³-hybridized carbons (Fsp3) is 0.294. The molecular weight excluding hydrogens is 533 g/mol. The van der Waals surface area contributed by atoms with Crippen molar-refractivity contribution < 1.29 is 13.9 Å². The summed E-state index contributed by atoms with van der Waals surface area (Å²) in [4.78, 5) is 20.9. The number of rotatable bonds is 7. The summed E-state index contributed by atoms with van der Waals surface area (Å²) in [5.74, 6) is 0.466. The van der Waals surface area contributed by atoms with Crippen molar-refractivity contribution in [3.8, 4) is 5.75 Å². The van der Waals surface area contributed by atoms with Gasteiger partial charge in [-0.3, -0.25) is 9.69 Å². The Morgan fingerprint density at radius 2 is 1.80 bits per heavy atom. The zero-order valence-electron chi connectivity index (χ0n) is 23.5. The van der Waals surface area contributed by atoms with E-state index in [4.69, 9.17) is 4.74 Å². The van der Waals surface area contributed by atoms with E-state index in [1.54, 1.807) is 18.2 Å². The maximum atomic E-state index is 14.5. The monoisotopic (exact) mass is 567 g/mol. The number of fused-ring (bicyclic) bond motifs is 1. The predicted octanol–water partition coefficient (Wildman–Crippen LogP) is 8.41. The van der Waals surface area contributed by atoms with Crippen LogP contribution in [0.1, 0.15) is 48.8 Å². The fourth-order valence-corrected chi connectivity index (χ4v) is 6.75. The quantitative estimate of drug-likeness (QED) is 0.211. The van der Waals surface area contributed by atoms with E-state index in [-0.39, 0.29) is 23.5 Å². The molecule has 0 N–H and O–H groups in total. The molecule has 1 aromatic heterocycles. The van der Waals surface area contributed by atoms with Gasteiger partial charge < -0.3 is 9.30 Å². The number of nitrogens with zero attached hydrogens (tertiary/aromatic N) is 3. The van der Waals surface area contributed by atoms with Crippen LogP contribution in [0.3, 0.4) is 0 Å². The minimum absolute atomic E-state index is 0.0490. The van der Waals surface area contributed by atoms with Gasteiger partial charge in [0, 0.05) is 28.7 Å². The van der Waals surface area contributed by atoms with Crippen LogP contribution in [-0.2, 0) is 11.3 Å². The van der Waals surface area contributed by atoms with Crippen LogP contribution in [0, 0.1) is 19.7 Å². The smallest absolute Gasteiger partial charge is 0.267 e. The van der Waals surface area contributed by atoms with Crippen molar-refractivity contribution >= 4 is 45.5 Å². The fourth-order valence-electron chi connectivity index (χ4n) is 5.70. The molecule has 3 aromatic carbocycles. The lowest BCUT2D eigenvalue weighted by Crippen LogP contribution is -2.40. The summed E-state index contributed by atoms with van der Waals surface area (Å²) >= 11 is 1.34. The van der Waals surface area contributed by atoms with E-state index in [1.807, 2.05) is 23.1 Å². The summed E-state index contributed by atoms with van der Waals surface area (Å²) in [6, 6.07) is 21.0. The van der Waals surface area contributed by atoms with Crippen LogP contribution in [0.2, 0.25) is 0 Å². The van der Waals surface area contributed by atoms with Crippen LogP contribution in [0.25, 0.3) is 17.0 Å². The van der Waals surface area contributed by atoms with E-state index >= 15 is 0 Å². The maximum absolute atomic E-state index is 14.5. The van der Waals surface area contributed by atoms with Gasteiger partial charge in [-0.25, -0.2) is 9.38 Å². The lowest BCUT2D eigenvalue weighted by atomic mass is 9.94. The van der Waals surface area contributed by atoms with E-state index in [9.17, 15) is 9.18 Å². The zero-order valence-corrected chi connectivity index (χ0v) is 24.3. The zero-order chi connectivity index (χ0) is 28.3. The minimum atomic E-state index is -0.389. The Labute approximate surface area is 244 Å². The SMILES string of the molecule is Cc1ccc(C)c(OCCn2cc(C=C3SC(=Nc4ccccc4F)N(C4CCCCC4)C3=O)c3ccccc32)c1. The third kappa shape index (κ3) is 5.82. The normalized spacial score (nSPS) is 18.2. The van der Waals surface area contributed by atoms with Gasteiger partial charge in [-0.2, -0.15) is 0 Å². The van der Waals surface area contributed by atoms with Gasteiger partial charge in [0.05, 0.1) is 11.4 Å². The number of hydrogen-bond donors (Lipinski definition) is 0. The molecule has 2 aliphatic rings. The molecule has 4 aromatic rings. The number of amidine groups is 1. The number of aryl methyl sites for hydroxylation is 2. The van der Waals surface area contributed by atoms with Crippen LogP contribution >= 0.6 is 11.8 Å². The molecule has 210 valence electrons. The molecule has 0 atom stereocenters. The second-order valence-electron chi connectivity index (χ2n) is 10.8. The highest BCUT2D eigenvalue weighted by molar-refractivity contribution is 8.18. The summed E-state index contributed by atoms with van der Waals surface area (Å²) in [5, 5.41) is 1.63. The van der Waals surface area contributed by atoms with Gasteiger partial charge in [0.15, 0.2) is 5.17 Å². The van der Waals surface area contributed by atoms with Crippen molar-refractivity contribution in [3.63, 3.8) is 0 Å². The summed E-state index contributed by atoms with van der Waals surface area (Å²) < 4.78 is 22.9. The van der Waals surface area contributed by atoms with Gasteiger partial charge >= 0.3 is 0 Å². The average Bonchev–Trinajstić information content (AvgIpc) is 3.49. The molecule has 7 heteroatoms. The first-order valence-electron chi connectivity index (χ1n) is 14.3. The first kappa shape index (κ1) is 27.3. The number of para-hydroxylation sites is 2. The van der Waals surface area contributed by atoms with Gasteiger partial charge in [-0.05, 0) is 79.9 Å². The van der Waals surface area contributed by atoms with Crippen LogP contribution in [-0.4, -0.2) is 33.2 Å². The molecule has 1 amide bonds. The largest absolute Gasteiger partial charge is 0.491 e. The molecule has 0 bridgehead atoms. The number of aliphatic imine (C=N–C) groups is 1. The third-order valence-corrected chi connectivity index (χ3v) is 8.87. The number of amides is 1. The average molecular weight is 568 g/mol. The van der Waals surface area contributed by atoms with Gasteiger partial charge in [0.25, 0.3) is 5.91 Å². The molecule has 2 heterocycles. The first-order chi connectivity index (χ1) is 20.0. The number of carbonyl (C=O) groups excluding carboxylic acids is 1. The van der Waals surface area contributed by atoms with Crippen LogP contribution in [0.4, 0.5) is 10.1 Å². The summed E-state index contributed by atoms with van der Waals surface area (Å²) in [5.41, 5.74) is 4.60. The predicted molar refractivity (Wildman–Crippen MR) is 166 cm³/mol. The molecule has 5 nitrogen and oxygen atoms in total. The van der Waals surface area contributed by atoms with E-state index < -0.39 is 0 Å². The second kappa shape index (κ2) is 12.0. The number of aromatic nitrogens is 1. The molecule has 6 rings (SSSR count). The lowest BCUT2D eigenvalue weighted by molar-refractivity contribution is -0.124. The Bertz CT molecular complexity index is 1650. The number of halogens is 1. The highest BCUT2D eigenvalue weighted by Gasteiger charge is 2.39. The Morgan fingerprint density at radius 3 is 2.63 bits per heavy atom. The van der Waals surface area contributed by atoms with Crippen molar-refractivity contribution in [2.45, 2.75) is 58.5 Å². The van der Waals surface area contributed by atoms with Crippen LogP contribution in [0.15, 0.2) is 82.8 Å². The van der Waals surface area contributed by atoms with Gasteiger partial charge in [0.1, 0.15) is 23.9 Å². The molecule has 0 unspecified atom stereocenters. The topological polar surface area (TPSA) is 46.8 Å². The van der Waals surface area contributed by atoms with E-state index in [0.29, 0.717) is 23.2 Å². The van der Waals surface area contributed by atoms with E-state index in [0.717, 1.165) is 53.5 Å². The third-order valence-electron chi connectivity index (χ3n) is 7.88. The molecule has 1 saturated carbocycles. The number of benzene rings is 3. The van der Waals surface area contributed by atoms with Gasteiger partial charge in [0.2, 0.25) is 0 Å². The Kier molecular flexibility index (Phi) is 7.97. The number of thioether (sulfide) groups is 1. The second-order valence-corrected chi connectivity index (χ2v) is 11.8. The summed E-state index contributed by atoms with van der Waals surface area (Å²) in [6.45, 7) is 5.32. The molecular formula is C34H34FN3O2S. The minimum Gasteiger partial charge on any atom is -0.491 e. The van der Waals surface area contributed by atoms with Crippen LogP contribution in [0.5, 0.6) is 5.75 Å². The summed E-state index contributed by atoms with van der Waals surface area (Å²) in [6.07, 6.45) is 9.30. The van der Waals surface area contributed by atoms with Gasteiger partial charge in [-0.1, -0.05) is 61.7 Å². The van der Waals surface area contributed by atoms with Crippen molar-refractivity contribution in [3.05, 3.63) is 100 Å². The van der Waals surface area contributed by atoms with Crippen molar-refractivity contribution in [1.82, 2.24) is 9.47 Å². The molecule has 0 spiro atoms. The first-order valence-corrected chi connectivity index (χ1v) is 15.1. The molecule has 1 saturated heterocycles. The number of ether oxygens (including phenoxy) is 1. The lowest BCUT2D eigenvalue weighted by Gasteiger charge is -2.30. The van der Waals surface area contributed by atoms with Crippen molar-refractivity contribution in [2.75, 3.05) is 6.61 Å². The maximum Gasteiger partial charge on any atom is 0.267 e. The Hall–Kier alpha value is -3.84. The highest BCUT2D eigenvalue weighted by atomic mass is 32.2. The highest BCUT2D eigenvalue weighted by Crippen LogP contribution is 2.39. The Morgan fingerprint density at radius 1 is 1.02 bits per heavy atom. The molecule has 2 fully saturated rings. The van der Waals surface area contributed by atoms with E-state index in [2.05, 4.69) is 59.9 Å². The summed E-state index contributed by atoms with van der Waals surface area (Å²) in [7, 11) is 0. The number of carbonyl (C=O) groups is 1. The molecule has 1 aliphatic carbocycles. The Balaban J connectivity index is 1.31. The molecule has 0 radical (unpaired) electrons. The van der Waals surface area contributed by atoms with E-state index in [1.165, 1.54) is 29.8 Å². The van der Waals surface area contributed by atoms with Crippen molar-refractivity contribution in [1.29, 1.82) is 0 Å².